The van der Waals surface area contributed by atoms with Crippen LogP contribution in [0.5, 0.6) is 5.75 Å². The second kappa shape index (κ2) is 25.4. The van der Waals surface area contributed by atoms with Crippen LogP contribution in [0, 0.1) is 5.92 Å². The molecule has 0 saturated carbocycles. The third-order valence-corrected chi connectivity index (χ3v) is 9.36. The lowest BCUT2D eigenvalue weighted by Gasteiger charge is -2.17. The number of rotatable bonds is 28. The van der Waals surface area contributed by atoms with Crippen molar-refractivity contribution < 1.29 is 4.74 Å². The Hall–Kier alpha value is -2.75. The van der Waals surface area contributed by atoms with Crippen LogP contribution in [0.15, 0.2) is 60.9 Å². The first-order valence-electron chi connectivity index (χ1n) is 19.3. The van der Waals surface area contributed by atoms with Crippen molar-refractivity contribution in [3.63, 3.8) is 0 Å². The first-order chi connectivity index (χ1) is 22.8. The number of hydrogen-bond donors (Lipinski definition) is 0. The van der Waals surface area contributed by atoms with Crippen molar-refractivity contribution >= 4 is 0 Å². The Morgan fingerprint density at radius 3 is 1.30 bits per heavy atom. The number of hydrogen-bond acceptors (Lipinski definition) is 4. The lowest BCUT2D eigenvalue weighted by atomic mass is 9.90. The Labute approximate surface area is 282 Å². The maximum absolute atomic E-state index is 6.34. The van der Waals surface area contributed by atoms with E-state index in [1.165, 1.54) is 141 Å². The maximum Gasteiger partial charge on any atom is 0.123 e. The number of pyridine rings is 3. The van der Waals surface area contributed by atoms with Gasteiger partial charge in [-0.2, -0.15) is 0 Å². The number of ether oxygens (including phenoxy) is 1. The fourth-order valence-electron chi connectivity index (χ4n) is 6.53. The lowest BCUT2D eigenvalue weighted by Crippen LogP contribution is -2.04. The molecule has 0 aliphatic rings. The van der Waals surface area contributed by atoms with Crippen molar-refractivity contribution in [1.82, 2.24) is 15.0 Å². The Morgan fingerprint density at radius 2 is 0.891 bits per heavy atom. The van der Waals surface area contributed by atoms with Crippen LogP contribution < -0.4 is 4.74 Å². The minimum Gasteiger partial charge on any atom is -0.493 e. The van der Waals surface area contributed by atoms with Gasteiger partial charge in [-0.05, 0) is 43.0 Å². The molecule has 0 saturated heterocycles. The molecule has 3 aromatic rings. The average Bonchev–Trinajstić information content (AvgIpc) is 3.10. The van der Waals surface area contributed by atoms with E-state index >= 15 is 0 Å². The summed E-state index contributed by atoms with van der Waals surface area (Å²) in [6.45, 7) is 5.34. The van der Waals surface area contributed by atoms with Crippen LogP contribution in [-0.2, 0) is 0 Å². The van der Waals surface area contributed by atoms with E-state index in [2.05, 4.69) is 23.8 Å². The van der Waals surface area contributed by atoms with Gasteiger partial charge in [0.15, 0.2) is 0 Å². The number of nitrogens with zero attached hydrogens (tertiary/aromatic N) is 3. The quantitative estimate of drug-likeness (QED) is 0.0751. The third kappa shape index (κ3) is 16.7. The molecule has 0 amide bonds. The molecule has 0 aliphatic heterocycles. The molecule has 0 N–H and O–H groups in total. The van der Waals surface area contributed by atoms with E-state index in [1.807, 2.05) is 60.9 Å². The molecule has 254 valence electrons. The van der Waals surface area contributed by atoms with Crippen molar-refractivity contribution in [2.45, 2.75) is 162 Å². The zero-order valence-corrected chi connectivity index (χ0v) is 29.6. The molecular formula is C42H65N3O. The summed E-state index contributed by atoms with van der Waals surface area (Å²) in [5.41, 5.74) is 3.34. The summed E-state index contributed by atoms with van der Waals surface area (Å²) < 4.78 is 6.34. The molecule has 0 bridgehead atoms. The molecular weight excluding hydrogens is 562 g/mol. The zero-order valence-electron chi connectivity index (χ0n) is 29.6. The van der Waals surface area contributed by atoms with Crippen molar-refractivity contribution in [3.8, 4) is 28.5 Å². The molecule has 0 aromatic carbocycles. The van der Waals surface area contributed by atoms with Gasteiger partial charge in [0, 0.05) is 24.5 Å². The lowest BCUT2D eigenvalue weighted by molar-refractivity contribution is 0.292. The van der Waals surface area contributed by atoms with E-state index in [0.717, 1.165) is 47.5 Å². The first kappa shape index (κ1) is 37.7. The molecule has 1 unspecified atom stereocenters. The summed E-state index contributed by atoms with van der Waals surface area (Å²) in [4.78, 5) is 13.9. The van der Waals surface area contributed by atoms with E-state index in [0.29, 0.717) is 0 Å². The second-order valence-electron chi connectivity index (χ2n) is 13.4. The van der Waals surface area contributed by atoms with Crippen LogP contribution in [0.4, 0.5) is 0 Å². The Morgan fingerprint density at radius 1 is 0.478 bits per heavy atom. The molecule has 0 spiro atoms. The molecule has 46 heavy (non-hydrogen) atoms. The first-order valence-corrected chi connectivity index (χ1v) is 19.3. The molecule has 4 heteroatoms. The molecule has 3 heterocycles. The van der Waals surface area contributed by atoms with Gasteiger partial charge in [-0.15, -0.1) is 0 Å². The minimum atomic E-state index is 0.732. The zero-order chi connectivity index (χ0) is 32.3. The summed E-state index contributed by atoms with van der Waals surface area (Å²) in [6.07, 6.45) is 35.6. The van der Waals surface area contributed by atoms with Gasteiger partial charge in [0.05, 0.1) is 29.4 Å². The molecule has 1 atom stereocenters. The molecule has 0 aliphatic carbocycles. The molecule has 3 rings (SSSR count). The monoisotopic (exact) mass is 628 g/mol. The topological polar surface area (TPSA) is 47.9 Å². The number of unbranched alkanes of at least 4 members (excludes halogenated alkanes) is 17. The predicted molar refractivity (Wildman–Crippen MR) is 197 cm³/mol. The summed E-state index contributed by atoms with van der Waals surface area (Å²) in [5.74, 6) is 1.72. The number of aromatic nitrogens is 3. The van der Waals surface area contributed by atoms with Gasteiger partial charge in [-0.25, -0.2) is 4.98 Å². The highest BCUT2D eigenvalue weighted by molar-refractivity contribution is 5.64. The molecule has 0 radical (unpaired) electrons. The van der Waals surface area contributed by atoms with E-state index in [-0.39, 0.29) is 0 Å². The van der Waals surface area contributed by atoms with Gasteiger partial charge in [0.1, 0.15) is 5.75 Å². The fraction of sp³-hybridized carbons (Fsp3) is 0.643. The van der Waals surface area contributed by atoms with Gasteiger partial charge in [0.25, 0.3) is 0 Å². The normalized spacial score (nSPS) is 12.0. The van der Waals surface area contributed by atoms with Crippen LogP contribution in [0.25, 0.3) is 22.8 Å². The molecule has 4 nitrogen and oxygen atoms in total. The maximum atomic E-state index is 6.34. The highest BCUT2D eigenvalue weighted by atomic mass is 16.5. The van der Waals surface area contributed by atoms with Crippen LogP contribution in [0.1, 0.15) is 162 Å². The Kier molecular flexibility index (Phi) is 20.8. The highest BCUT2D eigenvalue weighted by Gasteiger charge is 2.11. The van der Waals surface area contributed by atoms with E-state index in [9.17, 15) is 0 Å². The second-order valence-corrected chi connectivity index (χ2v) is 13.4. The van der Waals surface area contributed by atoms with Gasteiger partial charge in [-0.3, -0.25) is 9.97 Å². The van der Waals surface area contributed by atoms with E-state index in [1.54, 1.807) is 0 Å². The standard InChI is InChI=1S/C42H65N3O/c1-3-5-7-9-11-13-14-16-18-20-28-37(27-19-17-15-12-10-8-6-4-2)29-23-26-34-46-38-35-41(39-30-21-24-32-43-39)45-42(36-38)40-31-22-25-33-44-40/h21-22,24-25,30-33,35-37H,3-20,23,26-29,34H2,1-2H3. The van der Waals surface area contributed by atoms with Gasteiger partial charge in [-0.1, -0.05) is 161 Å². The van der Waals surface area contributed by atoms with Crippen molar-refractivity contribution in [2.24, 2.45) is 5.92 Å². The Balaban J connectivity index is 1.42. The van der Waals surface area contributed by atoms with Crippen molar-refractivity contribution in [1.29, 1.82) is 0 Å². The SMILES string of the molecule is CCCCCCCCCCCCC(CCCCCCCCCC)CCCCOc1cc(-c2ccccn2)nc(-c2ccccn2)c1. The predicted octanol–water partition coefficient (Wildman–Crippen LogP) is 13.2. The Bertz CT molecular complexity index is 1060. The van der Waals surface area contributed by atoms with E-state index in [4.69, 9.17) is 9.72 Å². The molecule has 0 fully saturated rings. The van der Waals surface area contributed by atoms with Crippen molar-refractivity contribution in [2.75, 3.05) is 6.61 Å². The fourth-order valence-corrected chi connectivity index (χ4v) is 6.53. The van der Waals surface area contributed by atoms with Crippen LogP contribution in [0.2, 0.25) is 0 Å². The largest absolute Gasteiger partial charge is 0.493 e. The average molecular weight is 628 g/mol. The van der Waals surface area contributed by atoms with Gasteiger partial charge in [0.2, 0.25) is 0 Å². The summed E-state index contributed by atoms with van der Waals surface area (Å²) in [7, 11) is 0. The van der Waals surface area contributed by atoms with E-state index < -0.39 is 0 Å². The molecule has 3 aromatic heterocycles. The smallest absolute Gasteiger partial charge is 0.123 e. The van der Waals surface area contributed by atoms with Crippen LogP contribution in [0.3, 0.4) is 0 Å². The van der Waals surface area contributed by atoms with Crippen molar-refractivity contribution in [3.05, 3.63) is 60.9 Å². The highest BCUT2D eigenvalue weighted by Crippen LogP contribution is 2.28. The van der Waals surface area contributed by atoms with Crippen LogP contribution in [-0.4, -0.2) is 21.6 Å². The summed E-state index contributed by atoms with van der Waals surface area (Å²) >= 11 is 0. The minimum absolute atomic E-state index is 0.732. The summed E-state index contributed by atoms with van der Waals surface area (Å²) in [5, 5.41) is 0. The van der Waals surface area contributed by atoms with Crippen LogP contribution >= 0.6 is 0 Å². The van der Waals surface area contributed by atoms with Gasteiger partial charge >= 0.3 is 0 Å². The third-order valence-electron chi connectivity index (χ3n) is 9.36. The van der Waals surface area contributed by atoms with Gasteiger partial charge < -0.3 is 4.74 Å². The summed E-state index contributed by atoms with van der Waals surface area (Å²) in [6, 6.07) is 15.9.